The van der Waals surface area contributed by atoms with Gasteiger partial charge in [-0.1, -0.05) is 18.7 Å². The average molecular weight is 737 g/mol. The minimum absolute atomic E-state index is 0.0760. The number of hydrogen-bond donors (Lipinski definition) is 7. The molecule has 2 aromatic rings. The predicted octanol–water partition coefficient (Wildman–Crippen LogP) is 1.43. The third-order valence-electron chi connectivity index (χ3n) is 4.78. The van der Waals surface area contributed by atoms with E-state index in [1.807, 2.05) is 6.92 Å². The SMILES string of the molecule is CCCSc1nc(N)c2ncn([C@@H]3O[C@H](COP(=O)(O)OP(=O)(O)C(Br)(Br)P(=O)(O)O)[C@@H](O)[C@H]3O)c2n1. The molecule has 0 saturated carbocycles. The quantitative estimate of drug-likeness (QED) is 0.0744. The molecule has 0 amide bonds. The van der Waals surface area contributed by atoms with Gasteiger partial charge in [0.1, 0.15) is 23.8 Å². The zero-order valence-electron chi connectivity index (χ0n) is 18.5. The molecule has 37 heavy (non-hydrogen) atoms. The molecule has 3 rings (SSSR count). The summed E-state index contributed by atoms with van der Waals surface area (Å²) in [7, 11) is -16.5. The van der Waals surface area contributed by atoms with E-state index in [1.165, 1.54) is 22.7 Å². The molecular formula is C14H22Br2N5O12P3S. The predicted molar refractivity (Wildman–Crippen MR) is 136 cm³/mol. The maximum Gasteiger partial charge on any atom is 0.479 e. The summed E-state index contributed by atoms with van der Waals surface area (Å²) in [6.07, 6.45) is -3.97. The number of alkyl halides is 2. The fourth-order valence-electron chi connectivity index (χ4n) is 3.00. The Kier molecular flexibility index (Phi) is 9.77. The molecule has 0 spiro atoms. The highest BCUT2D eigenvalue weighted by Crippen LogP contribution is 2.81. The summed E-state index contributed by atoms with van der Waals surface area (Å²) in [5.41, 5.74) is 6.34. The van der Waals surface area contributed by atoms with Gasteiger partial charge < -0.3 is 40.3 Å². The zero-order chi connectivity index (χ0) is 28.0. The number of thioether (sulfide) groups is 1. The molecule has 6 atom stereocenters. The first-order valence-electron chi connectivity index (χ1n) is 10.0. The molecule has 210 valence electrons. The molecule has 23 heteroatoms. The van der Waals surface area contributed by atoms with Crippen LogP contribution in [-0.2, 0) is 27.3 Å². The number of fused-ring (bicyclic) bond motifs is 1. The summed E-state index contributed by atoms with van der Waals surface area (Å²) < 4.78 is 48.4. The van der Waals surface area contributed by atoms with Crippen LogP contribution in [0.1, 0.15) is 19.6 Å². The standard InChI is InChI=1S/C14H22Br2N5O12P3S/c1-2-3-37-13-19-10(17)7-11(20-13)21(5-18-7)12-9(23)8(22)6(32-12)4-31-36(29,30)33-35(27,28)14(15,16)34(24,25)26/h5-6,8-9,12,22-23H,2-4H2,1H3,(H,27,28)(H,29,30)(H2,17,19,20)(H2,24,25,26)/t6-,8-,9-,12-/m1/s1. The monoisotopic (exact) mass is 735 g/mol. The summed E-state index contributed by atoms with van der Waals surface area (Å²) >= 11 is 5.91. The van der Waals surface area contributed by atoms with E-state index >= 15 is 0 Å². The molecule has 17 nitrogen and oxygen atoms in total. The number of hydrogen-bond acceptors (Lipinski definition) is 13. The second-order valence-corrected chi connectivity index (χ2v) is 20.2. The molecule has 1 aliphatic heterocycles. The third-order valence-corrected chi connectivity index (χ3v) is 16.4. The Hall–Kier alpha value is -0.0100. The fourth-order valence-corrected chi connectivity index (χ4v) is 8.55. The van der Waals surface area contributed by atoms with Crippen LogP contribution in [-0.4, -0.2) is 82.7 Å². The lowest BCUT2D eigenvalue weighted by molar-refractivity contribution is -0.0502. The summed E-state index contributed by atoms with van der Waals surface area (Å²) in [5, 5.41) is 21.3. The number of phosphoric ester groups is 1. The van der Waals surface area contributed by atoms with Crippen molar-refractivity contribution in [1.82, 2.24) is 19.5 Å². The minimum Gasteiger partial charge on any atom is -0.387 e. The Morgan fingerprint density at radius 2 is 1.84 bits per heavy atom. The van der Waals surface area contributed by atoms with E-state index in [4.69, 9.17) is 10.5 Å². The van der Waals surface area contributed by atoms with Crippen LogP contribution in [0.2, 0.25) is 0 Å². The second-order valence-electron chi connectivity index (χ2n) is 7.53. The Morgan fingerprint density at radius 3 is 2.43 bits per heavy atom. The van der Waals surface area contributed by atoms with Crippen LogP contribution in [0.3, 0.4) is 0 Å². The zero-order valence-corrected chi connectivity index (χ0v) is 25.2. The topological polar surface area (TPSA) is 270 Å². The molecule has 1 aliphatic rings. The molecule has 2 aromatic heterocycles. The number of aromatic nitrogens is 4. The highest BCUT2D eigenvalue weighted by Gasteiger charge is 2.61. The van der Waals surface area contributed by atoms with Gasteiger partial charge in [-0.3, -0.25) is 18.2 Å². The van der Waals surface area contributed by atoms with E-state index in [0.717, 1.165) is 6.42 Å². The van der Waals surface area contributed by atoms with Crippen molar-refractivity contribution in [2.45, 2.75) is 45.8 Å². The van der Waals surface area contributed by atoms with Crippen LogP contribution in [0.4, 0.5) is 5.82 Å². The lowest BCUT2D eigenvalue weighted by Gasteiger charge is -2.27. The summed E-state index contributed by atoms with van der Waals surface area (Å²) in [5.74, 6) is 0.788. The number of anilines is 1. The largest absolute Gasteiger partial charge is 0.479 e. The van der Waals surface area contributed by atoms with Gasteiger partial charge in [-0.25, -0.2) is 23.8 Å². The minimum atomic E-state index is -5.59. The lowest BCUT2D eigenvalue weighted by Crippen LogP contribution is -2.33. The van der Waals surface area contributed by atoms with Crippen LogP contribution in [0.5, 0.6) is 0 Å². The van der Waals surface area contributed by atoms with Gasteiger partial charge in [0.05, 0.1) is 12.9 Å². The average Bonchev–Trinajstić information content (AvgIpc) is 3.31. The van der Waals surface area contributed by atoms with E-state index in [0.29, 0.717) is 10.9 Å². The van der Waals surface area contributed by atoms with Crippen molar-refractivity contribution in [1.29, 1.82) is 0 Å². The van der Waals surface area contributed by atoms with Crippen LogP contribution in [0, 0.1) is 0 Å². The number of phosphoric acid groups is 1. The maximum absolute atomic E-state index is 12.2. The van der Waals surface area contributed by atoms with Gasteiger partial charge in [0, 0.05) is 5.75 Å². The van der Waals surface area contributed by atoms with Crippen molar-refractivity contribution in [3.63, 3.8) is 0 Å². The number of rotatable bonds is 11. The summed E-state index contributed by atoms with van der Waals surface area (Å²) in [6.45, 7) is 1.02. The number of halogens is 2. The third kappa shape index (κ3) is 6.66. The summed E-state index contributed by atoms with van der Waals surface area (Å²) in [6, 6.07) is 0. The molecule has 8 N–H and O–H groups in total. The highest BCUT2D eigenvalue weighted by atomic mass is 79.9. The first-order valence-corrected chi connectivity index (χ1v) is 17.3. The normalized spacial score (nSPS) is 26.3. The number of aliphatic hydroxyl groups excluding tert-OH is 2. The molecule has 0 aromatic carbocycles. The van der Waals surface area contributed by atoms with Crippen molar-refractivity contribution in [2.24, 2.45) is 0 Å². The van der Waals surface area contributed by atoms with E-state index in [1.54, 1.807) is 0 Å². The van der Waals surface area contributed by atoms with E-state index < -0.39 is 56.9 Å². The van der Waals surface area contributed by atoms with Crippen LogP contribution in [0.25, 0.3) is 11.2 Å². The first kappa shape index (κ1) is 31.5. The number of ether oxygens (including phenoxy) is 1. The maximum atomic E-state index is 12.2. The van der Waals surface area contributed by atoms with Crippen LogP contribution >= 0.6 is 66.6 Å². The summed E-state index contributed by atoms with van der Waals surface area (Å²) in [4.78, 5) is 50.7. The van der Waals surface area contributed by atoms with Gasteiger partial charge in [-0.05, 0) is 38.3 Å². The fraction of sp³-hybridized carbons (Fsp3) is 0.643. The smallest absolute Gasteiger partial charge is 0.387 e. The highest BCUT2D eigenvalue weighted by molar-refractivity contribution is 9.29. The van der Waals surface area contributed by atoms with Gasteiger partial charge in [0.2, 0.25) is 0 Å². The van der Waals surface area contributed by atoms with Gasteiger partial charge >= 0.3 is 23.0 Å². The molecule has 3 heterocycles. The Bertz CT molecular complexity index is 1300. The van der Waals surface area contributed by atoms with Crippen molar-refractivity contribution >= 4 is 83.6 Å². The van der Waals surface area contributed by atoms with Gasteiger partial charge in [-0.15, -0.1) is 0 Å². The van der Waals surface area contributed by atoms with Crippen molar-refractivity contribution in [3.05, 3.63) is 6.33 Å². The second kappa shape index (κ2) is 11.5. The van der Waals surface area contributed by atoms with E-state index in [2.05, 4.69) is 55.6 Å². The van der Waals surface area contributed by atoms with Gasteiger partial charge in [0.25, 0.3) is 2.72 Å². The van der Waals surface area contributed by atoms with Gasteiger partial charge in [0.15, 0.2) is 22.8 Å². The molecule has 0 radical (unpaired) electrons. The molecule has 1 saturated heterocycles. The van der Waals surface area contributed by atoms with E-state index in [9.17, 15) is 43.5 Å². The number of nitrogens with zero attached hydrogens (tertiary/aromatic N) is 4. The number of nitrogens with two attached hydrogens (primary N) is 1. The first-order chi connectivity index (χ1) is 16.9. The molecule has 0 aliphatic carbocycles. The van der Waals surface area contributed by atoms with E-state index in [-0.39, 0.29) is 17.0 Å². The van der Waals surface area contributed by atoms with Crippen LogP contribution in [0.15, 0.2) is 11.5 Å². The Morgan fingerprint density at radius 1 is 1.19 bits per heavy atom. The molecule has 1 fully saturated rings. The molecular weight excluding hydrogens is 715 g/mol. The lowest BCUT2D eigenvalue weighted by atomic mass is 10.1. The van der Waals surface area contributed by atoms with Crippen molar-refractivity contribution in [2.75, 3.05) is 18.1 Å². The number of nitrogen functional groups attached to an aromatic ring is 1. The Labute approximate surface area is 229 Å². The molecule has 0 bridgehead atoms. The van der Waals surface area contributed by atoms with Crippen LogP contribution < -0.4 is 5.73 Å². The van der Waals surface area contributed by atoms with Gasteiger partial charge in [-0.2, -0.15) is 0 Å². The number of aliphatic hydroxyl groups is 2. The van der Waals surface area contributed by atoms with Crippen molar-refractivity contribution < 1.29 is 57.1 Å². The van der Waals surface area contributed by atoms with Crippen molar-refractivity contribution in [3.8, 4) is 0 Å². The Balaban J connectivity index is 1.76. The molecule has 2 unspecified atom stereocenters. The number of imidazole rings is 1.